The van der Waals surface area contributed by atoms with Crippen LogP contribution in [-0.2, 0) is 4.79 Å². The van der Waals surface area contributed by atoms with Gasteiger partial charge in [0.2, 0.25) is 6.08 Å². The molecule has 56 valence electrons. The maximum absolute atomic E-state index is 9.79. The van der Waals surface area contributed by atoms with Gasteiger partial charge in [-0.25, -0.2) is 9.79 Å². The third kappa shape index (κ3) is 1.94. The molecule has 0 aromatic carbocycles. The van der Waals surface area contributed by atoms with E-state index in [-0.39, 0.29) is 6.04 Å². The molecule has 3 nitrogen and oxygen atoms in total. The van der Waals surface area contributed by atoms with Gasteiger partial charge in [0.25, 0.3) is 0 Å². The minimum absolute atomic E-state index is 0.123. The number of likely N-dealkylation sites (tertiary alicyclic amines) is 1. The fourth-order valence-corrected chi connectivity index (χ4v) is 1.07. The average molecular weight is 140 g/mol. The Morgan fingerprint density at radius 2 is 2.40 bits per heavy atom. The van der Waals surface area contributed by atoms with Crippen molar-refractivity contribution >= 4 is 6.08 Å². The SMILES string of the molecule is CC(CN1CCC1)N=C=O. The molecular formula is C7H12N2O. The molecule has 0 bridgehead atoms. The van der Waals surface area contributed by atoms with E-state index in [0.29, 0.717) is 0 Å². The molecule has 0 aliphatic carbocycles. The monoisotopic (exact) mass is 140 g/mol. The van der Waals surface area contributed by atoms with Crippen LogP contribution in [0, 0.1) is 0 Å². The van der Waals surface area contributed by atoms with Gasteiger partial charge in [-0.1, -0.05) is 0 Å². The summed E-state index contributed by atoms with van der Waals surface area (Å²) >= 11 is 0. The second kappa shape index (κ2) is 3.49. The van der Waals surface area contributed by atoms with Crippen LogP contribution >= 0.6 is 0 Å². The molecular weight excluding hydrogens is 128 g/mol. The quantitative estimate of drug-likeness (QED) is 0.420. The molecule has 0 radical (unpaired) electrons. The van der Waals surface area contributed by atoms with E-state index >= 15 is 0 Å². The Kier molecular flexibility index (Phi) is 2.60. The van der Waals surface area contributed by atoms with E-state index in [9.17, 15) is 4.79 Å². The molecule has 1 heterocycles. The molecule has 3 heteroatoms. The Bertz CT molecular complexity index is 148. The Labute approximate surface area is 60.7 Å². The first-order valence-corrected chi connectivity index (χ1v) is 3.62. The minimum Gasteiger partial charge on any atom is -0.301 e. The summed E-state index contributed by atoms with van der Waals surface area (Å²) in [6.45, 7) is 5.18. The Balaban J connectivity index is 2.16. The zero-order valence-corrected chi connectivity index (χ0v) is 6.21. The molecule has 1 fully saturated rings. The summed E-state index contributed by atoms with van der Waals surface area (Å²) < 4.78 is 0. The van der Waals surface area contributed by atoms with Crippen molar-refractivity contribution in [2.24, 2.45) is 4.99 Å². The summed E-state index contributed by atoms with van der Waals surface area (Å²) in [6.07, 6.45) is 2.86. The van der Waals surface area contributed by atoms with Crippen LogP contribution < -0.4 is 0 Å². The maximum Gasteiger partial charge on any atom is 0.235 e. The van der Waals surface area contributed by atoms with Crippen LogP contribution in [-0.4, -0.2) is 36.7 Å². The third-order valence-corrected chi connectivity index (χ3v) is 1.74. The number of hydrogen-bond acceptors (Lipinski definition) is 3. The topological polar surface area (TPSA) is 32.7 Å². The summed E-state index contributed by atoms with van der Waals surface area (Å²) in [6, 6.07) is 0.123. The molecule has 0 N–H and O–H groups in total. The summed E-state index contributed by atoms with van der Waals surface area (Å²) in [4.78, 5) is 15.7. The van der Waals surface area contributed by atoms with E-state index < -0.39 is 0 Å². The standard InChI is InChI=1S/C7H12N2O/c1-7(8-6-10)5-9-3-2-4-9/h7H,2-5H2,1H3. The molecule has 1 rings (SSSR count). The summed E-state index contributed by atoms with van der Waals surface area (Å²) in [5.41, 5.74) is 0. The molecule has 1 atom stereocenters. The predicted molar refractivity (Wildman–Crippen MR) is 38.6 cm³/mol. The molecule has 0 amide bonds. The third-order valence-electron chi connectivity index (χ3n) is 1.74. The van der Waals surface area contributed by atoms with Crippen molar-refractivity contribution in [1.82, 2.24) is 4.90 Å². The first kappa shape index (κ1) is 7.45. The highest BCUT2D eigenvalue weighted by molar-refractivity contribution is 5.33. The van der Waals surface area contributed by atoms with E-state index in [0.717, 1.165) is 6.54 Å². The van der Waals surface area contributed by atoms with Gasteiger partial charge in [0.05, 0.1) is 6.04 Å². The van der Waals surface area contributed by atoms with Crippen molar-refractivity contribution in [3.05, 3.63) is 0 Å². The molecule has 0 saturated carbocycles. The normalized spacial score (nSPS) is 20.9. The lowest BCUT2D eigenvalue weighted by Gasteiger charge is -2.31. The second-order valence-electron chi connectivity index (χ2n) is 2.72. The Morgan fingerprint density at radius 1 is 1.70 bits per heavy atom. The van der Waals surface area contributed by atoms with Gasteiger partial charge in [-0.05, 0) is 26.4 Å². The van der Waals surface area contributed by atoms with Gasteiger partial charge in [-0.3, -0.25) is 0 Å². The molecule has 0 aromatic heterocycles. The fraction of sp³-hybridized carbons (Fsp3) is 0.857. The van der Waals surface area contributed by atoms with Crippen LogP contribution in [0.5, 0.6) is 0 Å². The van der Waals surface area contributed by atoms with Gasteiger partial charge < -0.3 is 4.90 Å². The van der Waals surface area contributed by atoms with Crippen LogP contribution in [0.25, 0.3) is 0 Å². The van der Waals surface area contributed by atoms with Crippen molar-refractivity contribution in [3.8, 4) is 0 Å². The average Bonchev–Trinajstić information content (AvgIpc) is 1.80. The van der Waals surface area contributed by atoms with E-state index in [2.05, 4.69) is 9.89 Å². The number of nitrogens with zero attached hydrogens (tertiary/aromatic N) is 2. The molecule has 1 unspecified atom stereocenters. The van der Waals surface area contributed by atoms with Crippen molar-refractivity contribution < 1.29 is 4.79 Å². The van der Waals surface area contributed by atoms with Crippen molar-refractivity contribution in [2.75, 3.05) is 19.6 Å². The summed E-state index contributed by atoms with van der Waals surface area (Å²) in [7, 11) is 0. The Morgan fingerprint density at radius 3 is 2.80 bits per heavy atom. The number of carbonyl (C=O) groups excluding carboxylic acids is 1. The smallest absolute Gasteiger partial charge is 0.235 e. The summed E-state index contributed by atoms with van der Waals surface area (Å²) in [5.74, 6) is 0. The van der Waals surface area contributed by atoms with Crippen LogP contribution in [0.3, 0.4) is 0 Å². The Hall–Kier alpha value is -0.660. The van der Waals surface area contributed by atoms with Crippen molar-refractivity contribution in [1.29, 1.82) is 0 Å². The largest absolute Gasteiger partial charge is 0.301 e. The van der Waals surface area contributed by atoms with Gasteiger partial charge in [-0.2, -0.15) is 0 Å². The number of hydrogen-bond donors (Lipinski definition) is 0. The van der Waals surface area contributed by atoms with E-state index in [1.807, 2.05) is 6.92 Å². The second-order valence-corrected chi connectivity index (χ2v) is 2.72. The van der Waals surface area contributed by atoms with Gasteiger partial charge in [0.1, 0.15) is 0 Å². The van der Waals surface area contributed by atoms with Crippen LogP contribution in [0.15, 0.2) is 4.99 Å². The summed E-state index contributed by atoms with van der Waals surface area (Å²) in [5, 5.41) is 0. The first-order chi connectivity index (χ1) is 4.83. The molecule has 0 spiro atoms. The highest BCUT2D eigenvalue weighted by Crippen LogP contribution is 2.06. The number of aliphatic imine (C=N–C) groups is 1. The first-order valence-electron chi connectivity index (χ1n) is 3.62. The lowest BCUT2D eigenvalue weighted by atomic mass is 10.2. The highest BCUT2D eigenvalue weighted by atomic mass is 16.1. The van der Waals surface area contributed by atoms with Crippen LogP contribution in [0.4, 0.5) is 0 Å². The van der Waals surface area contributed by atoms with Gasteiger partial charge in [-0.15, -0.1) is 0 Å². The maximum atomic E-state index is 9.79. The zero-order valence-electron chi connectivity index (χ0n) is 6.21. The van der Waals surface area contributed by atoms with Gasteiger partial charge in [0.15, 0.2) is 0 Å². The predicted octanol–water partition coefficient (Wildman–Crippen LogP) is 0.416. The van der Waals surface area contributed by atoms with Crippen molar-refractivity contribution in [3.63, 3.8) is 0 Å². The molecule has 1 aliphatic rings. The van der Waals surface area contributed by atoms with E-state index in [1.165, 1.54) is 19.5 Å². The highest BCUT2D eigenvalue weighted by Gasteiger charge is 2.15. The molecule has 10 heavy (non-hydrogen) atoms. The van der Waals surface area contributed by atoms with E-state index in [4.69, 9.17) is 0 Å². The van der Waals surface area contributed by atoms with Crippen LogP contribution in [0.1, 0.15) is 13.3 Å². The molecule has 1 aliphatic heterocycles. The fourth-order valence-electron chi connectivity index (χ4n) is 1.07. The number of rotatable bonds is 3. The molecule has 0 aromatic rings. The lowest BCUT2D eigenvalue weighted by Crippen LogP contribution is -2.40. The van der Waals surface area contributed by atoms with Gasteiger partial charge in [0, 0.05) is 6.54 Å². The minimum atomic E-state index is 0.123. The zero-order chi connectivity index (χ0) is 7.40. The van der Waals surface area contributed by atoms with Crippen LogP contribution in [0.2, 0.25) is 0 Å². The van der Waals surface area contributed by atoms with Crippen molar-refractivity contribution in [2.45, 2.75) is 19.4 Å². The molecule has 1 saturated heterocycles. The lowest BCUT2D eigenvalue weighted by molar-refractivity contribution is 0.174. The van der Waals surface area contributed by atoms with E-state index in [1.54, 1.807) is 6.08 Å². The van der Waals surface area contributed by atoms with Gasteiger partial charge >= 0.3 is 0 Å². The number of isocyanates is 1.